The van der Waals surface area contributed by atoms with E-state index in [0.29, 0.717) is 19.6 Å². The van der Waals surface area contributed by atoms with E-state index in [2.05, 4.69) is 11.9 Å². The van der Waals surface area contributed by atoms with E-state index in [4.69, 9.17) is 5.11 Å². The van der Waals surface area contributed by atoms with Crippen LogP contribution in [0.1, 0.15) is 27.2 Å². The van der Waals surface area contributed by atoms with Crippen molar-refractivity contribution < 1.29 is 19.5 Å². The molecule has 1 unspecified atom stereocenters. The normalized spacial score (nSPS) is 18.9. The molecule has 0 aliphatic carbocycles. The van der Waals surface area contributed by atoms with Gasteiger partial charge >= 0.3 is 12.0 Å². The van der Waals surface area contributed by atoms with Gasteiger partial charge in [-0.05, 0) is 20.8 Å². The van der Waals surface area contributed by atoms with Gasteiger partial charge in [0.2, 0.25) is 5.91 Å². The minimum absolute atomic E-state index is 0.298. The molecule has 0 spiro atoms. The van der Waals surface area contributed by atoms with Crippen LogP contribution in [0.15, 0.2) is 12.7 Å². The minimum Gasteiger partial charge on any atom is -0.481 e. The van der Waals surface area contributed by atoms with E-state index in [1.165, 1.54) is 4.90 Å². The summed E-state index contributed by atoms with van der Waals surface area (Å²) in [5.74, 6) is -1.54. The zero-order valence-electron chi connectivity index (χ0n) is 12.8. The van der Waals surface area contributed by atoms with E-state index >= 15 is 0 Å². The van der Waals surface area contributed by atoms with Gasteiger partial charge in [0.25, 0.3) is 0 Å². The van der Waals surface area contributed by atoms with Crippen molar-refractivity contribution in [3.63, 3.8) is 0 Å². The predicted octanol–water partition coefficient (Wildman–Crippen LogP) is 0.668. The molecule has 21 heavy (non-hydrogen) atoms. The van der Waals surface area contributed by atoms with Gasteiger partial charge in [-0.2, -0.15) is 0 Å². The van der Waals surface area contributed by atoms with Crippen LogP contribution >= 0.6 is 0 Å². The van der Waals surface area contributed by atoms with Crippen molar-refractivity contribution >= 4 is 17.9 Å². The van der Waals surface area contributed by atoms with E-state index in [9.17, 15) is 14.4 Å². The molecule has 1 atom stereocenters. The number of urea groups is 1. The fourth-order valence-electron chi connectivity index (χ4n) is 2.24. The molecule has 0 aromatic heterocycles. The minimum atomic E-state index is -1.11. The first-order valence-corrected chi connectivity index (χ1v) is 6.87. The monoisotopic (exact) mass is 297 g/mol. The molecule has 3 amide bonds. The molecule has 118 valence electrons. The highest BCUT2D eigenvalue weighted by Crippen LogP contribution is 2.19. The maximum Gasteiger partial charge on any atom is 0.321 e. The van der Waals surface area contributed by atoms with Crippen LogP contribution in [0.5, 0.6) is 0 Å². The first-order chi connectivity index (χ1) is 9.68. The number of carboxylic acids is 1. The number of nitrogens with zero attached hydrogens (tertiary/aromatic N) is 2. The summed E-state index contributed by atoms with van der Waals surface area (Å²) >= 11 is 0. The number of rotatable bonds is 4. The summed E-state index contributed by atoms with van der Waals surface area (Å²) in [6.45, 7) is 10.2. The summed E-state index contributed by atoms with van der Waals surface area (Å²) in [5.41, 5.74) is -0.451. The quantitative estimate of drug-likeness (QED) is 0.746. The third-order valence-electron chi connectivity index (χ3n) is 3.30. The van der Waals surface area contributed by atoms with E-state index in [1.54, 1.807) is 11.0 Å². The molecule has 1 aliphatic rings. The largest absolute Gasteiger partial charge is 0.481 e. The fourth-order valence-corrected chi connectivity index (χ4v) is 2.24. The molecule has 1 fully saturated rings. The molecule has 7 nitrogen and oxygen atoms in total. The van der Waals surface area contributed by atoms with Gasteiger partial charge in [0.05, 0.1) is 6.42 Å². The number of amides is 3. The highest BCUT2D eigenvalue weighted by Gasteiger charge is 2.38. The zero-order valence-corrected chi connectivity index (χ0v) is 12.8. The van der Waals surface area contributed by atoms with Crippen molar-refractivity contribution in [3.8, 4) is 0 Å². The molecule has 2 N–H and O–H groups in total. The van der Waals surface area contributed by atoms with Crippen LogP contribution < -0.4 is 5.32 Å². The summed E-state index contributed by atoms with van der Waals surface area (Å²) in [6, 6.07) is -1.32. The molecule has 0 saturated carbocycles. The van der Waals surface area contributed by atoms with Crippen LogP contribution in [0.3, 0.4) is 0 Å². The highest BCUT2D eigenvalue weighted by atomic mass is 16.4. The van der Waals surface area contributed by atoms with Gasteiger partial charge in [-0.25, -0.2) is 4.79 Å². The van der Waals surface area contributed by atoms with E-state index in [1.807, 2.05) is 20.8 Å². The van der Waals surface area contributed by atoms with Crippen molar-refractivity contribution in [2.24, 2.45) is 0 Å². The number of carboxylic acid groups (broad SMARTS) is 1. The molecule has 1 heterocycles. The van der Waals surface area contributed by atoms with Gasteiger partial charge in [0.1, 0.15) is 6.04 Å². The Kier molecular flexibility index (Phi) is 5.34. The average molecular weight is 297 g/mol. The van der Waals surface area contributed by atoms with E-state index < -0.39 is 29.9 Å². The van der Waals surface area contributed by atoms with Gasteiger partial charge in [-0.3, -0.25) is 9.59 Å². The van der Waals surface area contributed by atoms with Crippen LogP contribution in [-0.4, -0.2) is 64.0 Å². The Balaban J connectivity index is 3.01. The molecule has 1 aliphatic heterocycles. The van der Waals surface area contributed by atoms with Gasteiger partial charge in [0.15, 0.2) is 0 Å². The number of nitrogens with one attached hydrogen (secondary N) is 1. The van der Waals surface area contributed by atoms with Gasteiger partial charge in [-0.1, -0.05) is 6.08 Å². The van der Waals surface area contributed by atoms with Gasteiger partial charge in [0, 0.05) is 25.2 Å². The van der Waals surface area contributed by atoms with Crippen LogP contribution in [0.2, 0.25) is 0 Å². The van der Waals surface area contributed by atoms with Crippen molar-refractivity contribution in [1.82, 2.24) is 15.1 Å². The molecule has 0 aromatic rings. The van der Waals surface area contributed by atoms with E-state index in [-0.39, 0.29) is 6.03 Å². The SMILES string of the molecule is C=CCN(C(=O)N1CCNC(=O)C1CC(=O)O)C(C)(C)C. The molecule has 0 bridgehead atoms. The fraction of sp³-hybridized carbons (Fsp3) is 0.643. The van der Waals surface area contributed by atoms with Crippen molar-refractivity contribution in [1.29, 1.82) is 0 Å². The first kappa shape index (κ1) is 17.0. The Morgan fingerprint density at radius 3 is 2.62 bits per heavy atom. The van der Waals surface area contributed by atoms with Crippen molar-refractivity contribution in [2.45, 2.75) is 38.8 Å². The lowest BCUT2D eigenvalue weighted by Crippen LogP contribution is -2.62. The second-order valence-corrected chi connectivity index (χ2v) is 5.95. The Morgan fingerprint density at radius 2 is 2.14 bits per heavy atom. The molecule has 1 rings (SSSR count). The standard InChI is InChI=1S/C14H23N3O4/c1-5-7-17(14(2,3)4)13(21)16-8-6-15-12(20)10(16)9-11(18)19/h5,10H,1,6-9H2,2-4H3,(H,15,20)(H,18,19). The summed E-state index contributed by atoms with van der Waals surface area (Å²) in [4.78, 5) is 38.4. The first-order valence-electron chi connectivity index (χ1n) is 6.87. The number of piperazine rings is 1. The Morgan fingerprint density at radius 1 is 1.52 bits per heavy atom. The average Bonchev–Trinajstić information content (AvgIpc) is 2.35. The molecule has 1 saturated heterocycles. The number of carbonyl (C=O) groups excluding carboxylic acids is 2. The topological polar surface area (TPSA) is 90.0 Å². The lowest BCUT2D eigenvalue weighted by molar-refractivity contribution is -0.142. The van der Waals surface area contributed by atoms with Gasteiger partial charge in [-0.15, -0.1) is 6.58 Å². The number of aliphatic carboxylic acids is 1. The van der Waals surface area contributed by atoms with Crippen LogP contribution in [0.25, 0.3) is 0 Å². The maximum atomic E-state index is 12.7. The number of carbonyl (C=O) groups is 3. The van der Waals surface area contributed by atoms with Crippen molar-refractivity contribution in [3.05, 3.63) is 12.7 Å². The van der Waals surface area contributed by atoms with Crippen LogP contribution in [0, 0.1) is 0 Å². The van der Waals surface area contributed by atoms with Gasteiger partial charge < -0.3 is 20.2 Å². The molecular weight excluding hydrogens is 274 g/mol. The lowest BCUT2D eigenvalue weighted by Gasteiger charge is -2.42. The van der Waals surface area contributed by atoms with Crippen molar-refractivity contribution in [2.75, 3.05) is 19.6 Å². The lowest BCUT2D eigenvalue weighted by atomic mass is 10.1. The Hall–Kier alpha value is -2.05. The Bertz CT molecular complexity index is 442. The molecule has 0 aromatic carbocycles. The number of hydrogen-bond donors (Lipinski definition) is 2. The van der Waals surface area contributed by atoms with Crippen LogP contribution in [0.4, 0.5) is 4.79 Å². The molecular formula is C14H23N3O4. The number of hydrogen-bond acceptors (Lipinski definition) is 3. The smallest absolute Gasteiger partial charge is 0.321 e. The zero-order chi connectivity index (χ0) is 16.2. The van der Waals surface area contributed by atoms with E-state index in [0.717, 1.165) is 0 Å². The molecule has 7 heteroatoms. The summed E-state index contributed by atoms with van der Waals surface area (Å²) in [7, 11) is 0. The maximum absolute atomic E-state index is 12.7. The second kappa shape index (κ2) is 6.60. The highest BCUT2D eigenvalue weighted by molar-refractivity contribution is 5.91. The third kappa shape index (κ3) is 4.21. The summed E-state index contributed by atoms with van der Waals surface area (Å²) in [5, 5.41) is 11.5. The third-order valence-corrected chi connectivity index (χ3v) is 3.30. The molecule has 0 radical (unpaired) electrons. The summed E-state index contributed by atoms with van der Waals surface area (Å²) in [6.07, 6.45) is 1.21. The Labute approximate surface area is 124 Å². The second-order valence-electron chi connectivity index (χ2n) is 5.95. The predicted molar refractivity (Wildman–Crippen MR) is 77.8 cm³/mol. The van der Waals surface area contributed by atoms with Crippen LogP contribution in [-0.2, 0) is 9.59 Å². The summed E-state index contributed by atoms with van der Waals surface area (Å²) < 4.78 is 0.